The van der Waals surface area contributed by atoms with E-state index >= 15 is 0 Å². The molecule has 0 N–H and O–H groups in total. The van der Waals surface area contributed by atoms with Crippen LogP contribution in [0.3, 0.4) is 0 Å². The minimum atomic E-state index is -2.67. The fraction of sp³-hybridized carbons (Fsp3) is 0.294. The van der Waals surface area contributed by atoms with Crippen LogP contribution >= 0.6 is 12.7 Å². The molecule has 2 rings (SSSR count). The normalized spacial score (nSPS) is 14.2. The van der Waals surface area contributed by atoms with Crippen molar-refractivity contribution in [2.45, 2.75) is 17.9 Å². The predicted octanol–water partition coefficient (Wildman–Crippen LogP) is 3.22. The van der Waals surface area contributed by atoms with Crippen molar-refractivity contribution in [3.8, 4) is 0 Å². The third-order valence-electron chi connectivity index (χ3n) is 3.65. The summed E-state index contributed by atoms with van der Waals surface area (Å²) < 4.78 is 4.32. The topological polar surface area (TPSA) is 3.24 Å². The van der Waals surface area contributed by atoms with Crippen molar-refractivity contribution < 1.29 is 0 Å². The van der Waals surface area contributed by atoms with Crippen LogP contribution in [0.15, 0.2) is 54.6 Å². The maximum atomic E-state index is 4.23. The molecule has 2 aromatic rings. The summed E-state index contributed by atoms with van der Waals surface area (Å²) in [5.41, 5.74) is 1.47. The molecule has 3 heteroatoms. The van der Waals surface area contributed by atoms with E-state index in [0.29, 0.717) is 0 Å². The molecule has 0 aliphatic carbocycles. The average molecular weight is 439 g/mol. The Morgan fingerprint density at radius 2 is 1.55 bits per heavy atom. The fourth-order valence-corrected chi connectivity index (χ4v) is 15.1. The number of rotatable bonds is 5. The van der Waals surface area contributed by atoms with Crippen molar-refractivity contribution in [2.24, 2.45) is 0 Å². The van der Waals surface area contributed by atoms with Gasteiger partial charge >= 0.3 is 133 Å². The quantitative estimate of drug-likeness (QED) is 0.648. The summed E-state index contributed by atoms with van der Waals surface area (Å²) in [6.07, 6.45) is 0. The molecule has 0 saturated carbocycles. The maximum absolute atomic E-state index is 4.23. The van der Waals surface area contributed by atoms with Gasteiger partial charge in [-0.15, -0.1) is 0 Å². The molecule has 2 aromatic carbocycles. The van der Waals surface area contributed by atoms with Crippen molar-refractivity contribution in [3.63, 3.8) is 0 Å². The number of hydrogen-bond donors (Lipinski definition) is 0. The second kappa shape index (κ2) is 7.10. The van der Waals surface area contributed by atoms with Gasteiger partial charge < -0.3 is 0 Å². The zero-order valence-electron chi connectivity index (χ0n) is 12.4. The van der Waals surface area contributed by atoms with Gasteiger partial charge in [0.15, 0.2) is 0 Å². The van der Waals surface area contributed by atoms with Gasteiger partial charge in [-0.05, 0) is 0 Å². The molecule has 0 heterocycles. The van der Waals surface area contributed by atoms with Crippen LogP contribution in [0, 0.1) is 0 Å². The first kappa shape index (κ1) is 16.1. The monoisotopic (exact) mass is 439 g/mol. The number of benzene rings is 2. The third kappa shape index (κ3) is 3.46. The average Bonchev–Trinajstić information content (AvgIpc) is 2.47. The Morgan fingerprint density at radius 3 is 2.15 bits per heavy atom. The molecular formula is C17H22BrNSn. The predicted molar refractivity (Wildman–Crippen MR) is 94.7 cm³/mol. The van der Waals surface area contributed by atoms with Crippen LogP contribution in [0.5, 0.6) is 0 Å². The van der Waals surface area contributed by atoms with Crippen LogP contribution in [0.1, 0.15) is 12.5 Å². The van der Waals surface area contributed by atoms with Gasteiger partial charge in [0.1, 0.15) is 0 Å². The zero-order chi connectivity index (χ0) is 14.6. The summed E-state index contributed by atoms with van der Waals surface area (Å²) in [7, 11) is 4.27. The van der Waals surface area contributed by atoms with E-state index < -0.39 is 16.2 Å². The molecule has 1 nitrogen and oxygen atoms in total. The number of hydrogen-bond acceptors (Lipinski definition) is 1. The summed E-state index contributed by atoms with van der Waals surface area (Å²) in [4.78, 5) is 2.25. The van der Waals surface area contributed by atoms with E-state index in [-0.39, 0.29) is 0 Å². The van der Waals surface area contributed by atoms with Gasteiger partial charge in [0.2, 0.25) is 0 Å². The van der Waals surface area contributed by atoms with Gasteiger partial charge in [-0.25, -0.2) is 0 Å². The molecule has 0 bridgehead atoms. The first-order valence-corrected chi connectivity index (χ1v) is 18.3. The van der Waals surface area contributed by atoms with E-state index in [2.05, 4.69) is 93.2 Å². The van der Waals surface area contributed by atoms with Gasteiger partial charge in [-0.1, -0.05) is 0 Å². The van der Waals surface area contributed by atoms with E-state index in [1.807, 2.05) is 0 Å². The molecule has 0 saturated heterocycles. The molecule has 20 heavy (non-hydrogen) atoms. The Labute approximate surface area is 132 Å². The van der Waals surface area contributed by atoms with Crippen LogP contribution in [-0.4, -0.2) is 35.2 Å². The SMILES string of the molecule is C[CH2][Sn]([Br])([c]1ccccc1)[c]1ccccc1CN(C)C. The van der Waals surface area contributed by atoms with Crippen molar-refractivity contribution in [1.29, 1.82) is 0 Å². The van der Waals surface area contributed by atoms with Crippen molar-refractivity contribution >= 4 is 36.0 Å². The van der Waals surface area contributed by atoms with Crippen molar-refractivity contribution in [2.75, 3.05) is 14.1 Å². The van der Waals surface area contributed by atoms with Gasteiger partial charge in [0.05, 0.1) is 0 Å². The van der Waals surface area contributed by atoms with Crippen LogP contribution < -0.4 is 7.16 Å². The van der Waals surface area contributed by atoms with Crippen LogP contribution in [0.25, 0.3) is 0 Å². The summed E-state index contributed by atoms with van der Waals surface area (Å²) in [6, 6.07) is 20.0. The summed E-state index contributed by atoms with van der Waals surface area (Å²) in [6.45, 7) is 3.33. The standard InChI is InChI=1S/C9H12N.C6H5.C2H5.BrH.Sn/c1-10(2)8-9-6-4-3-5-7-9;1-2-4-6-5-3-1;1-2;;/h3-6H,8H2,1-2H3;1-5H;1H2,2H3;1H;/q;;;;+1/p-1. The first-order valence-electron chi connectivity index (χ1n) is 7.05. The van der Waals surface area contributed by atoms with E-state index in [1.165, 1.54) is 13.6 Å². The zero-order valence-corrected chi connectivity index (χ0v) is 16.9. The molecule has 1 unspecified atom stereocenters. The van der Waals surface area contributed by atoms with Crippen molar-refractivity contribution in [1.82, 2.24) is 4.90 Å². The van der Waals surface area contributed by atoms with Gasteiger partial charge in [0, 0.05) is 0 Å². The molecule has 0 aliphatic rings. The van der Waals surface area contributed by atoms with E-state index in [9.17, 15) is 0 Å². The second-order valence-corrected chi connectivity index (χ2v) is 24.3. The summed E-state index contributed by atoms with van der Waals surface area (Å²) in [5.74, 6) is 0. The molecule has 0 radical (unpaired) electrons. The Kier molecular flexibility index (Phi) is 5.70. The Hall–Kier alpha value is -0.321. The number of nitrogens with zero attached hydrogens (tertiary/aromatic N) is 1. The molecule has 0 spiro atoms. The van der Waals surface area contributed by atoms with Crippen LogP contribution in [-0.2, 0) is 6.54 Å². The first-order chi connectivity index (χ1) is 9.58. The van der Waals surface area contributed by atoms with E-state index in [0.717, 1.165) is 6.54 Å². The van der Waals surface area contributed by atoms with E-state index in [1.54, 1.807) is 3.58 Å². The van der Waals surface area contributed by atoms with Gasteiger partial charge in [0.25, 0.3) is 0 Å². The molecule has 0 fully saturated rings. The Bertz CT molecular complexity index is 556. The Balaban J connectivity index is 2.52. The molecule has 0 amide bonds. The minimum absolute atomic E-state index is 1.01. The van der Waals surface area contributed by atoms with Gasteiger partial charge in [-0.2, -0.15) is 0 Å². The summed E-state index contributed by atoms with van der Waals surface area (Å²) in [5, 5.41) is 0. The molecule has 0 aromatic heterocycles. The van der Waals surface area contributed by atoms with Crippen LogP contribution in [0.4, 0.5) is 0 Å². The van der Waals surface area contributed by atoms with Gasteiger partial charge in [-0.3, -0.25) is 0 Å². The summed E-state index contributed by atoms with van der Waals surface area (Å²) >= 11 is 1.57. The number of halogens is 1. The molecule has 0 aliphatic heterocycles. The van der Waals surface area contributed by atoms with Crippen LogP contribution in [0.2, 0.25) is 4.44 Å². The fourth-order valence-electron chi connectivity index (χ4n) is 2.64. The molecular weight excluding hydrogens is 417 g/mol. The molecule has 106 valence electrons. The third-order valence-corrected chi connectivity index (χ3v) is 23.5. The second-order valence-electron chi connectivity index (χ2n) is 5.42. The van der Waals surface area contributed by atoms with E-state index in [4.69, 9.17) is 0 Å². The molecule has 1 atom stereocenters. The Morgan fingerprint density at radius 1 is 0.950 bits per heavy atom. The van der Waals surface area contributed by atoms with Crippen molar-refractivity contribution in [3.05, 3.63) is 60.2 Å².